The van der Waals surface area contributed by atoms with Crippen molar-refractivity contribution in [3.8, 4) is 11.5 Å². The summed E-state index contributed by atoms with van der Waals surface area (Å²) in [6, 6.07) is 13.1. The average Bonchev–Trinajstić information content (AvgIpc) is 3.03. The molecule has 0 radical (unpaired) electrons. The van der Waals surface area contributed by atoms with Gasteiger partial charge in [0.1, 0.15) is 11.5 Å². The summed E-state index contributed by atoms with van der Waals surface area (Å²) in [6.07, 6.45) is 6.87. The molecule has 4 rings (SSSR count). The lowest BCUT2D eigenvalue weighted by molar-refractivity contribution is -0.139. The normalized spacial score (nSPS) is 18.0. The molecule has 1 saturated carbocycles. The van der Waals surface area contributed by atoms with Gasteiger partial charge in [-0.15, -0.1) is 0 Å². The number of allylic oxidation sites excluding steroid dienone is 1. The van der Waals surface area contributed by atoms with Crippen molar-refractivity contribution in [3.63, 3.8) is 0 Å². The molecule has 29 heavy (non-hydrogen) atoms. The van der Waals surface area contributed by atoms with Gasteiger partial charge in [-0.1, -0.05) is 57.4 Å². The molecular weight excluding hydrogens is 364 g/mol. The Balaban J connectivity index is 1.48. The molecule has 0 bridgehead atoms. The Morgan fingerprint density at radius 2 is 1.79 bits per heavy atom. The van der Waals surface area contributed by atoms with Gasteiger partial charge >= 0.3 is 5.97 Å². The Bertz CT molecular complexity index is 947. The van der Waals surface area contributed by atoms with Crippen LogP contribution in [0.2, 0.25) is 0 Å². The van der Waals surface area contributed by atoms with Gasteiger partial charge in [0.15, 0.2) is 5.76 Å². The van der Waals surface area contributed by atoms with Crippen LogP contribution in [-0.4, -0.2) is 11.8 Å². The summed E-state index contributed by atoms with van der Waals surface area (Å²) in [5.41, 5.74) is 2.65. The molecule has 0 atom stereocenters. The number of ketones is 1. The summed E-state index contributed by atoms with van der Waals surface area (Å²) in [4.78, 5) is 25.0. The molecule has 2 aromatic rings. The standard InChI is InChI=1S/C25H26O4/c1-16(2)18-10-8-17(9-11-18)14-23-24(26)21-13-12-20(15-22(21)29-23)28-25(27)19-6-4-3-5-7-19/h8-16,19H,3-7H2,1-2H3/b23-14-. The lowest BCUT2D eigenvalue weighted by atomic mass is 9.89. The Morgan fingerprint density at radius 3 is 2.48 bits per heavy atom. The zero-order valence-electron chi connectivity index (χ0n) is 16.9. The number of carbonyl (C=O) groups excluding carboxylic acids is 2. The van der Waals surface area contributed by atoms with Crippen molar-refractivity contribution >= 4 is 17.8 Å². The molecule has 4 heteroatoms. The topological polar surface area (TPSA) is 52.6 Å². The lowest BCUT2D eigenvalue weighted by Crippen LogP contribution is -2.22. The molecule has 150 valence electrons. The number of esters is 1. The average molecular weight is 390 g/mol. The fraction of sp³-hybridized carbons (Fsp3) is 0.360. The van der Waals surface area contributed by atoms with Gasteiger partial charge in [-0.2, -0.15) is 0 Å². The minimum Gasteiger partial charge on any atom is -0.452 e. The largest absolute Gasteiger partial charge is 0.452 e. The molecule has 4 nitrogen and oxygen atoms in total. The van der Waals surface area contributed by atoms with Crippen molar-refractivity contribution < 1.29 is 19.1 Å². The zero-order valence-corrected chi connectivity index (χ0v) is 16.9. The van der Waals surface area contributed by atoms with Crippen molar-refractivity contribution in [1.29, 1.82) is 0 Å². The quantitative estimate of drug-likeness (QED) is 0.370. The first kappa shape index (κ1) is 19.4. The Hall–Kier alpha value is -2.88. The molecule has 2 aliphatic rings. The van der Waals surface area contributed by atoms with Crippen molar-refractivity contribution in [2.75, 3.05) is 0 Å². The van der Waals surface area contributed by atoms with Gasteiger partial charge in [-0.05, 0) is 48.1 Å². The van der Waals surface area contributed by atoms with E-state index in [1.807, 2.05) is 12.1 Å². The summed E-state index contributed by atoms with van der Waals surface area (Å²) in [5, 5.41) is 0. The van der Waals surface area contributed by atoms with E-state index in [-0.39, 0.29) is 23.4 Å². The van der Waals surface area contributed by atoms with Crippen molar-refractivity contribution in [2.24, 2.45) is 5.92 Å². The monoisotopic (exact) mass is 390 g/mol. The number of benzene rings is 2. The van der Waals surface area contributed by atoms with Crippen LogP contribution in [0.1, 0.15) is 73.4 Å². The Kier molecular flexibility index (Phi) is 5.52. The van der Waals surface area contributed by atoms with E-state index >= 15 is 0 Å². The molecule has 1 heterocycles. The lowest BCUT2D eigenvalue weighted by Gasteiger charge is -2.19. The molecule has 1 aliphatic carbocycles. The number of rotatable bonds is 4. The molecule has 1 aliphatic heterocycles. The first-order chi connectivity index (χ1) is 14.0. The maximum absolute atomic E-state index is 12.7. The van der Waals surface area contributed by atoms with Crippen molar-refractivity contribution in [3.05, 3.63) is 64.9 Å². The molecule has 0 aromatic heterocycles. The second kappa shape index (κ2) is 8.24. The predicted molar refractivity (Wildman–Crippen MR) is 112 cm³/mol. The fourth-order valence-corrected chi connectivity index (χ4v) is 3.90. The van der Waals surface area contributed by atoms with Gasteiger partial charge in [0.2, 0.25) is 5.78 Å². The van der Waals surface area contributed by atoms with Crippen LogP contribution in [0.4, 0.5) is 0 Å². The van der Waals surface area contributed by atoms with E-state index in [0.29, 0.717) is 23.0 Å². The number of carbonyl (C=O) groups is 2. The number of hydrogen-bond acceptors (Lipinski definition) is 4. The van der Waals surface area contributed by atoms with Gasteiger partial charge in [0.25, 0.3) is 0 Å². The minimum absolute atomic E-state index is 0.0242. The molecule has 0 N–H and O–H groups in total. The number of ether oxygens (including phenoxy) is 2. The van der Waals surface area contributed by atoms with E-state index in [1.54, 1.807) is 24.3 Å². The van der Waals surface area contributed by atoms with Crippen LogP contribution in [0.3, 0.4) is 0 Å². The molecule has 1 fully saturated rings. The van der Waals surface area contributed by atoms with Gasteiger partial charge in [-0.3, -0.25) is 9.59 Å². The van der Waals surface area contributed by atoms with Crippen LogP contribution in [0, 0.1) is 5.92 Å². The third-order valence-electron chi connectivity index (χ3n) is 5.70. The minimum atomic E-state index is -0.185. The highest BCUT2D eigenvalue weighted by atomic mass is 16.5. The maximum atomic E-state index is 12.7. The first-order valence-electron chi connectivity index (χ1n) is 10.4. The van der Waals surface area contributed by atoms with Crippen LogP contribution >= 0.6 is 0 Å². The summed E-state index contributed by atoms with van der Waals surface area (Å²) in [7, 11) is 0. The number of fused-ring (bicyclic) bond motifs is 1. The van der Waals surface area contributed by atoms with Crippen molar-refractivity contribution in [1.82, 2.24) is 0 Å². The summed E-state index contributed by atoms with van der Waals surface area (Å²) >= 11 is 0. The molecule has 0 saturated heterocycles. The highest BCUT2D eigenvalue weighted by Gasteiger charge is 2.29. The SMILES string of the molecule is CC(C)c1ccc(/C=C2\Oc3cc(OC(=O)C4CCCCC4)ccc3C2=O)cc1. The van der Waals surface area contributed by atoms with Gasteiger partial charge in [0, 0.05) is 6.07 Å². The van der Waals surface area contributed by atoms with Crippen LogP contribution in [0.5, 0.6) is 11.5 Å². The second-order valence-electron chi connectivity index (χ2n) is 8.18. The van der Waals surface area contributed by atoms with Crippen LogP contribution in [0.15, 0.2) is 48.2 Å². The maximum Gasteiger partial charge on any atom is 0.314 e. The molecular formula is C25H26O4. The van der Waals surface area contributed by atoms with E-state index in [0.717, 1.165) is 31.2 Å². The number of hydrogen-bond donors (Lipinski definition) is 0. The van der Waals surface area contributed by atoms with Crippen LogP contribution in [0.25, 0.3) is 6.08 Å². The smallest absolute Gasteiger partial charge is 0.314 e. The van der Waals surface area contributed by atoms with Crippen molar-refractivity contribution in [2.45, 2.75) is 51.9 Å². The summed E-state index contributed by atoms with van der Waals surface area (Å²) < 4.78 is 11.3. The number of Topliss-reactive ketones (excluding diaryl/α,β-unsaturated/α-hetero) is 1. The third kappa shape index (κ3) is 4.26. The predicted octanol–water partition coefficient (Wildman–Crippen LogP) is 5.91. The van der Waals surface area contributed by atoms with E-state index < -0.39 is 0 Å². The third-order valence-corrected chi connectivity index (χ3v) is 5.70. The Morgan fingerprint density at radius 1 is 1.07 bits per heavy atom. The van der Waals surface area contributed by atoms with E-state index in [9.17, 15) is 9.59 Å². The molecule has 0 unspecified atom stereocenters. The fourth-order valence-electron chi connectivity index (χ4n) is 3.90. The molecule has 0 spiro atoms. The van der Waals surface area contributed by atoms with Gasteiger partial charge in [-0.25, -0.2) is 0 Å². The molecule has 0 amide bonds. The van der Waals surface area contributed by atoms with Gasteiger partial charge < -0.3 is 9.47 Å². The second-order valence-corrected chi connectivity index (χ2v) is 8.18. The van der Waals surface area contributed by atoms with Gasteiger partial charge in [0.05, 0.1) is 11.5 Å². The first-order valence-corrected chi connectivity index (χ1v) is 10.4. The Labute approximate surface area is 171 Å². The highest BCUT2D eigenvalue weighted by molar-refractivity contribution is 6.14. The van der Waals surface area contributed by atoms with E-state index in [4.69, 9.17) is 9.47 Å². The van der Waals surface area contributed by atoms with Crippen LogP contribution < -0.4 is 9.47 Å². The molecule has 2 aromatic carbocycles. The highest BCUT2D eigenvalue weighted by Crippen LogP contribution is 2.35. The summed E-state index contributed by atoms with van der Waals surface area (Å²) in [5.74, 6) is 1.24. The van der Waals surface area contributed by atoms with Crippen LogP contribution in [-0.2, 0) is 4.79 Å². The van der Waals surface area contributed by atoms with E-state index in [1.165, 1.54) is 12.0 Å². The van der Waals surface area contributed by atoms with E-state index in [2.05, 4.69) is 26.0 Å². The zero-order chi connectivity index (χ0) is 20.4. The summed E-state index contributed by atoms with van der Waals surface area (Å²) in [6.45, 7) is 4.29.